The zero-order chi connectivity index (χ0) is 22.0. The number of anilines is 1. The van der Waals surface area contributed by atoms with E-state index in [1.807, 2.05) is 13.8 Å². The number of imidazole rings is 1. The van der Waals surface area contributed by atoms with Crippen LogP contribution in [0.25, 0.3) is 22.4 Å². The largest absolute Gasteiger partial charge is 0.506 e. The number of carbonyl (C=O) groups excluding carboxylic acids is 1. The second kappa shape index (κ2) is 8.93. The van der Waals surface area contributed by atoms with Gasteiger partial charge in [-0.2, -0.15) is 0 Å². The van der Waals surface area contributed by atoms with Crippen LogP contribution in [0.4, 0.5) is 5.69 Å². The maximum Gasteiger partial charge on any atom is 0.326 e. The number of carboxylic acid groups (broad SMARTS) is 1. The highest BCUT2D eigenvalue weighted by molar-refractivity contribution is 6.32. The van der Waals surface area contributed by atoms with Crippen molar-refractivity contribution in [2.75, 3.05) is 11.2 Å². The number of amides is 1. The van der Waals surface area contributed by atoms with Gasteiger partial charge in [-0.05, 0) is 42.7 Å². The summed E-state index contributed by atoms with van der Waals surface area (Å²) in [4.78, 5) is 28.4. The summed E-state index contributed by atoms with van der Waals surface area (Å²) >= 11 is 11.6. The molecule has 3 rings (SSSR count). The number of rotatable bonds is 7. The van der Waals surface area contributed by atoms with Gasteiger partial charge in [0.15, 0.2) is 0 Å². The Morgan fingerprint density at radius 1 is 1.23 bits per heavy atom. The number of aromatic nitrogens is 2. The molecule has 7 nitrogen and oxygen atoms in total. The van der Waals surface area contributed by atoms with Crippen molar-refractivity contribution in [2.45, 2.75) is 26.3 Å². The van der Waals surface area contributed by atoms with Gasteiger partial charge in [-0.15, -0.1) is 11.6 Å². The molecule has 1 aromatic heterocycles. The van der Waals surface area contributed by atoms with Crippen molar-refractivity contribution in [2.24, 2.45) is 5.92 Å². The van der Waals surface area contributed by atoms with Gasteiger partial charge in [0.1, 0.15) is 23.5 Å². The topological polar surface area (TPSA) is 104 Å². The van der Waals surface area contributed by atoms with E-state index in [4.69, 9.17) is 23.2 Å². The van der Waals surface area contributed by atoms with Gasteiger partial charge in [0.2, 0.25) is 5.91 Å². The first-order chi connectivity index (χ1) is 14.2. The highest BCUT2D eigenvalue weighted by Crippen LogP contribution is 2.39. The van der Waals surface area contributed by atoms with E-state index >= 15 is 0 Å². The fourth-order valence-corrected chi connectivity index (χ4v) is 3.58. The molecular weight excluding hydrogens is 429 g/mol. The number of nitrogens with zero attached hydrogens (tertiary/aromatic N) is 2. The number of halogens is 2. The van der Waals surface area contributed by atoms with E-state index in [1.54, 1.807) is 34.9 Å². The molecule has 0 saturated carbocycles. The summed E-state index contributed by atoms with van der Waals surface area (Å²) in [6.45, 7) is 3.87. The SMILES string of the molecule is CC(C)CC(C(=O)O)n1c(-c2cccc(Cl)c2O)nc2cc(NC(=O)CCl)ccc21. The summed E-state index contributed by atoms with van der Waals surface area (Å²) in [5.41, 5.74) is 1.82. The Kier molecular flexibility index (Phi) is 6.53. The smallest absolute Gasteiger partial charge is 0.326 e. The van der Waals surface area contributed by atoms with E-state index in [0.717, 1.165) is 0 Å². The minimum absolute atomic E-state index is 0.103. The quantitative estimate of drug-likeness (QED) is 0.444. The van der Waals surface area contributed by atoms with E-state index in [2.05, 4.69) is 10.3 Å². The number of phenols is 1. The van der Waals surface area contributed by atoms with Gasteiger partial charge in [0.05, 0.1) is 21.6 Å². The zero-order valence-electron chi connectivity index (χ0n) is 16.4. The number of fused-ring (bicyclic) bond motifs is 1. The second-order valence-corrected chi connectivity index (χ2v) is 7.98. The van der Waals surface area contributed by atoms with E-state index < -0.39 is 12.0 Å². The number of para-hydroxylation sites is 1. The van der Waals surface area contributed by atoms with Crippen molar-refractivity contribution in [3.63, 3.8) is 0 Å². The molecule has 3 N–H and O–H groups in total. The molecule has 3 aromatic rings. The Labute approximate surface area is 183 Å². The molecule has 0 aliphatic heterocycles. The van der Waals surface area contributed by atoms with Crippen molar-refractivity contribution >= 4 is 51.8 Å². The number of aromatic hydroxyl groups is 1. The lowest BCUT2D eigenvalue weighted by molar-refractivity contribution is -0.141. The molecule has 158 valence electrons. The fourth-order valence-electron chi connectivity index (χ4n) is 3.34. The fraction of sp³-hybridized carbons (Fsp3) is 0.286. The molecule has 1 atom stereocenters. The van der Waals surface area contributed by atoms with Crippen LogP contribution in [0.3, 0.4) is 0 Å². The van der Waals surface area contributed by atoms with Crippen molar-refractivity contribution in [3.05, 3.63) is 41.4 Å². The predicted octanol–water partition coefficient (Wildman–Crippen LogP) is 4.91. The van der Waals surface area contributed by atoms with Crippen LogP contribution < -0.4 is 5.32 Å². The molecule has 0 aliphatic rings. The summed E-state index contributed by atoms with van der Waals surface area (Å²) in [5, 5.41) is 23.2. The Morgan fingerprint density at radius 3 is 2.60 bits per heavy atom. The number of benzene rings is 2. The minimum atomic E-state index is -1.01. The third kappa shape index (κ3) is 4.37. The van der Waals surface area contributed by atoms with Gasteiger partial charge in [-0.3, -0.25) is 4.79 Å². The molecule has 0 saturated heterocycles. The molecule has 1 heterocycles. The first kappa shape index (κ1) is 21.9. The Morgan fingerprint density at radius 2 is 1.97 bits per heavy atom. The normalized spacial score (nSPS) is 12.3. The van der Waals surface area contributed by atoms with Crippen LogP contribution in [0.5, 0.6) is 5.75 Å². The van der Waals surface area contributed by atoms with Gasteiger partial charge in [0.25, 0.3) is 0 Å². The van der Waals surface area contributed by atoms with Crippen LogP contribution in [-0.4, -0.2) is 37.5 Å². The lowest BCUT2D eigenvalue weighted by Crippen LogP contribution is -2.21. The number of hydrogen-bond donors (Lipinski definition) is 3. The number of nitrogens with one attached hydrogen (secondary N) is 1. The summed E-state index contributed by atoms with van der Waals surface area (Å²) < 4.78 is 1.59. The predicted molar refractivity (Wildman–Crippen MR) is 117 cm³/mol. The van der Waals surface area contributed by atoms with E-state index in [1.165, 1.54) is 6.07 Å². The van der Waals surface area contributed by atoms with Crippen LogP contribution in [0, 0.1) is 5.92 Å². The van der Waals surface area contributed by atoms with Gasteiger partial charge < -0.3 is 20.1 Å². The Hall–Kier alpha value is -2.77. The van der Waals surface area contributed by atoms with E-state index in [0.29, 0.717) is 28.7 Å². The third-order valence-electron chi connectivity index (χ3n) is 4.61. The summed E-state index contributed by atoms with van der Waals surface area (Å²) in [6.07, 6.45) is 0.361. The van der Waals surface area contributed by atoms with Gasteiger partial charge in [-0.25, -0.2) is 9.78 Å². The lowest BCUT2D eigenvalue weighted by atomic mass is 10.0. The average molecular weight is 450 g/mol. The standard InChI is InChI=1S/C21H21Cl2N3O4/c1-11(2)8-17(21(29)30)26-16-7-6-12(24-18(27)10-22)9-15(16)25-20(26)13-4-3-5-14(23)19(13)28/h3-7,9,11,17,28H,8,10H2,1-2H3,(H,24,27)(H,29,30). The molecule has 9 heteroatoms. The molecular formula is C21H21Cl2N3O4. The highest BCUT2D eigenvalue weighted by Gasteiger charge is 2.28. The Bertz CT molecular complexity index is 1110. The Balaban J connectivity index is 2.27. The first-order valence-electron chi connectivity index (χ1n) is 9.31. The maximum atomic E-state index is 12.2. The molecule has 0 aliphatic carbocycles. The molecule has 2 aromatic carbocycles. The molecule has 0 bridgehead atoms. The molecule has 0 spiro atoms. The number of alkyl halides is 1. The lowest BCUT2D eigenvalue weighted by Gasteiger charge is -2.20. The maximum absolute atomic E-state index is 12.2. The van der Waals surface area contributed by atoms with Crippen molar-refractivity contribution in [1.82, 2.24) is 9.55 Å². The zero-order valence-corrected chi connectivity index (χ0v) is 17.9. The van der Waals surface area contributed by atoms with Crippen LogP contribution >= 0.6 is 23.2 Å². The van der Waals surface area contributed by atoms with Gasteiger partial charge >= 0.3 is 5.97 Å². The summed E-state index contributed by atoms with van der Waals surface area (Å²) in [5.74, 6) is -1.37. The summed E-state index contributed by atoms with van der Waals surface area (Å²) in [7, 11) is 0. The highest BCUT2D eigenvalue weighted by atomic mass is 35.5. The van der Waals surface area contributed by atoms with Crippen LogP contribution in [0.1, 0.15) is 26.3 Å². The van der Waals surface area contributed by atoms with Gasteiger partial charge in [0, 0.05) is 5.69 Å². The average Bonchev–Trinajstić information content (AvgIpc) is 3.05. The van der Waals surface area contributed by atoms with Gasteiger partial charge in [-0.1, -0.05) is 31.5 Å². The van der Waals surface area contributed by atoms with Crippen molar-refractivity contribution < 1.29 is 19.8 Å². The van der Waals surface area contributed by atoms with Crippen molar-refractivity contribution in [1.29, 1.82) is 0 Å². The monoisotopic (exact) mass is 449 g/mol. The summed E-state index contributed by atoms with van der Waals surface area (Å²) in [6, 6.07) is 8.89. The van der Waals surface area contributed by atoms with E-state index in [9.17, 15) is 19.8 Å². The minimum Gasteiger partial charge on any atom is -0.506 e. The molecule has 30 heavy (non-hydrogen) atoms. The number of hydrogen-bond acceptors (Lipinski definition) is 4. The second-order valence-electron chi connectivity index (χ2n) is 7.31. The molecule has 1 unspecified atom stereocenters. The molecule has 1 amide bonds. The van der Waals surface area contributed by atoms with Crippen LogP contribution in [0.2, 0.25) is 5.02 Å². The third-order valence-corrected chi connectivity index (χ3v) is 5.16. The molecule has 0 radical (unpaired) electrons. The first-order valence-corrected chi connectivity index (χ1v) is 10.2. The number of carbonyl (C=O) groups is 2. The number of phenolic OH excluding ortho intramolecular Hbond substituents is 1. The number of carboxylic acids is 1. The molecule has 0 fully saturated rings. The van der Waals surface area contributed by atoms with Crippen molar-refractivity contribution in [3.8, 4) is 17.1 Å². The number of aliphatic carboxylic acids is 1. The van der Waals surface area contributed by atoms with Crippen LogP contribution in [0.15, 0.2) is 36.4 Å². The van der Waals surface area contributed by atoms with Crippen LogP contribution in [-0.2, 0) is 9.59 Å². The van der Waals surface area contributed by atoms with E-state index in [-0.39, 0.29) is 34.3 Å².